The zero-order valence-electron chi connectivity index (χ0n) is 11.5. The Balaban J connectivity index is 1.58. The van der Waals surface area contributed by atoms with Crippen molar-refractivity contribution in [3.63, 3.8) is 0 Å². The number of hydrogen-bond acceptors (Lipinski definition) is 3. The fraction of sp³-hybridized carbons (Fsp3) is 0.312. The van der Waals surface area contributed by atoms with Crippen LogP contribution in [0.5, 0.6) is 0 Å². The standard InChI is InChI=1S/C16H18N2OS/c1-12-4-2-3-5-13(12)6-7-15(19)10-14-11-18-8-9-20-16(18)17-14/h2-5,8-9,11,15,19H,6-7,10H2,1H3. The van der Waals surface area contributed by atoms with Crippen molar-refractivity contribution >= 4 is 16.3 Å². The average Bonchev–Trinajstić information content (AvgIpc) is 2.98. The minimum atomic E-state index is -0.334. The Labute approximate surface area is 122 Å². The second-order valence-corrected chi connectivity index (χ2v) is 6.02. The highest BCUT2D eigenvalue weighted by atomic mass is 32.1. The van der Waals surface area contributed by atoms with Gasteiger partial charge in [0.15, 0.2) is 4.96 Å². The molecule has 0 aliphatic carbocycles. The van der Waals surface area contributed by atoms with Gasteiger partial charge in [0.2, 0.25) is 0 Å². The van der Waals surface area contributed by atoms with Crippen LogP contribution in [0.1, 0.15) is 23.2 Å². The molecule has 2 heterocycles. The van der Waals surface area contributed by atoms with E-state index >= 15 is 0 Å². The summed E-state index contributed by atoms with van der Waals surface area (Å²) < 4.78 is 2.01. The third-order valence-corrected chi connectivity index (χ3v) is 4.37. The van der Waals surface area contributed by atoms with Crippen LogP contribution in [0.2, 0.25) is 0 Å². The average molecular weight is 286 g/mol. The molecule has 0 radical (unpaired) electrons. The molecule has 0 fully saturated rings. The van der Waals surface area contributed by atoms with Gasteiger partial charge >= 0.3 is 0 Å². The van der Waals surface area contributed by atoms with Gasteiger partial charge in [-0.2, -0.15) is 0 Å². The van der Waals surface area contributed by atoms with Gasteiger partial charge < -0.3 is 5.11 Å². The minimum Gasteiger partial charge on any atom is -0.393 e. The van der Waals surface area contributed by atoms with E-state index in [1.807, 2.05) is 28.2 Å². The van der Waals surface area contributed by atoms with E-state index < -0.39 is 0 Å². The second kappa shape index (κ2) is 5.77. The Kier molecular flexibility index (Phi) is 3.85. The van der Waals surface area contributed by atoms with Crippen LogP contribution in [0.15, 0.2) is 42.0 Å². The van der Waals surface area contributed by atoms with Gasteiger partial charge in [0, 0.05) is 24.2 Å². The predicted molar refractivity (Wildman–Crippen MR) is 82.3 cm³/mol. The van der Waals surface area contributed by atoms with Crippen molar-refractivity contribution in [1.82, 2.24) is 9.38 Å². The van der Waals surface area contributed by atoms with E-state index in [1.165, 1.54) is 11.1 Å². The van der Waals surface area contributed by atoms with Crippen LogP contribution < -0.4 is 0 Å². The molecule has 0 spiro atoms. The van der Waals surface area contributed by atoms with Gasteiger partial charge in [-0.15, -0.1) is 11.3 Å². The van der Waals surface area contributed by atoms with E-state index in [0.717, 1.165) is 23.5 Å². The van der Waals surface area contributed by atoms with Crippen molar-refractivity contribution in [2.24, 2.45) is 0 Å². The Morgan fingerprint density at radius 2 is 2.20 bits per heavy atom. The van der Waals surface area contributed by atoms with Crippen LogP contribution in [0.4, 0.5) is 0 Å². The van der Waals surface area contributed by atoms with E-state index in [1.54, 1.807) is 11.3 Å². The third kappa shape index (κ3) is 2.92. The third-order valence-electron chi connectivity index (χ3n) is 3.60. The SMILES string of the molecule is Cc1ccccc1CCC(O)Cc1cn2ccsc2n1. The molecule has 2 aromatic heterocycles. The molecule has 0 amide bonds. The van der Waals surface area contributed by atoms with E-state index in [9.17, 15) is 5.11 Å². The second-order valence-electron chi connectivity index (χ2n) is 5.15. The summed E-state index contributed by atoms with van der Waals surface area (Å²) in [5, 5.41) is 12.2. The van der Waals surface area contributed by atoms with Crippen molar-refractivity contribution in [2.75, 3.05) is 0 Å². The number of aryl methyl sites for hydroxylation is 2. The molecule has 1 aromatic carbocycles. The van der Waals surface area contributed by atoms with Crippen LogP contribution in [0.3, 0.4) is 0 Å². The molecule has 1 unspecified atom stereocenters. The molecular weight excluding hydrogens is 268 g/mol. The molecule has 0 aliphatic rings. The lowest BCUT2D eigenvalue weighted by Crippen LogP contribution is -2.12. The largest absolute Gasteiger partial charge is 0.393 e. The van der Waals surface area contributed by atoms with E-state index in [0.29, 0.717) is 6.42 Å². The Bertz CT molecular complexity index is 673. The molecule has 1 N–H and O–H groups in total. The maximum absolute atomic E-state index is 10.2. The Morgan fingerprint density at radius 3 is 3.00 bits per heavy atom. The van der Waals surface area contributed by atoms with E-state index in [-0.39, 0.29) is 6.10 Å². The number of hydrogen-bond donors (Lipinski definition) is 1. The quantitative estimate of drug-likeness (QED) is 0.782. The number of aliphatic hydroxyl groups excluding tert-OH is 1. The monoisotopic (exact) mass is 286 g/mol. The summed E-state index contributed by atoms with van der Waals surface area (Å²) in [6.07, 6.45) is 5.98. The highest BCUT2D eigenvalue weighted by Crippen LogP contribution is 2.15. The molecule has 104 valence electrons. The molecule has 4 heteroatoms. The van der Waals surface area contributed by atoms with Crippen LogP contribution in [0, 0.1) is 6.92 Å². The van der Waals surface area contributed by atoms with Crippen molar-refractivity contribution < 1.29 is 5.11 Å². The van der Waals surface area contributed by atoms with Gasteiger partial charge in [-0.1, -0.05) is 24.3 Å². The highest BCUT2D eigenvalue weighted by molar-refractivity contribution is 7.15. The van der Waals surface area contributed by atoms with Crippen molar-refractivity contribution in [1.29, 1.82) is 0 Å². The van der Waals surface area contributed by atoms with E-state index in [4.69, 9.17) is 0 Å². The number of imidazole rings is 1. The van der Waals surface area contributed by atoms with Crippen LogP contribution in [0.25, 0.3) is 4.96 Å². The first-order valence-electron chi connectivity index (χ1n) is 6.86. The molecule has 0 saturated heterocycles. The summed E-state index contributed by atoms with van der Waals surface area (Å²) in [5.74, 6) is 0. The number of nitrogens with zero attached hydrogens (tertiary/aromatic N) is 2. The molecule has 3 rings (SSSR count). The Morgan fingerprint density at radius 1 is 1.35 bits per heavy atom. The molecule has 3 nitrogen and oxygen atoms in total. The summed E-state index contributed by atoms with van der Waals surface area (Å²) in [6.45, 7) is 2.12. The fourth-order valence-electron chi connectivity index (χ4n) is 2.43. The summed E-state index contributed by atoms with van der Waals surface area (Å²) in [5.41, 5.74) is 3.58. The van der Waals surface area contributed by atoms with Crippen LogP contribution >= 0.6 is 11.3 Å². The van der Waals surface area contributed by atoms with Crippen LogP contribution in [-0.2, 0) is 12.8 Å². The fourth-order valence-corrected chi connectivity index (χ4v) is 3.15. The maximum atomic E-state index is 10.2. The number of benzene rings is 1. The lowest BCUT2D eigenvalue weighted by molar-refractivity contribution is 0.164. The van der Waals surface area contributed by atoms with Crippen LogP contribution in [-0.4, -0.2) is 20.6 Å². The predicted octanol–water partition coefficient (Wildman–Crippen LogP) is 3.24. The summed E-state index contributed by atoms with van der Waals surface area (Å²) in [6, 6.07) is 8.35. The van der Waals surface area contributed by atoms with E-state index in [2.05, 4.69) is 30.1 Å². The maximum Gasteiger partial charge on any atom is 0.193 e. The van der Waals surface area contributed by atoms with Gasteiger partial charge in [-0.05, 0) is 30.9 Å². The van der Waals surface area contributed by atoms with Gasteiger partial charge in [0.1, 0.15) is 0 Å². The first kappa shape index (κ1) is 13.3. The lowest BCUT2D eigenvalue weighted by Gasteiger charge is -2.10. The topological polar surface area (TPSA) is 37.5 Å². The van der Waals surface area contributed by atoms with Gasteiger partial charge in [0.05, 0.1) is 11.8 Å². The van der Waals surface area contributed by atoms with Gasteiger partial charge in [0.25, 0.3) is 0 Å². The smallest absolute Gasteiger partial charge is 0.193 e. The highest BCUT2D eigenvalue weighted by Gasteiger charge is 2.10. The molecule has 3 aromatic rings. The zero-order chi connectivity index (χ0) is 13.9. The minimum absolute atomic E-state index is 0.334. The van der Waals surface area contributed by atoms with Crippen molar-refractivity contribution in [3.05, 3.63) is 58.9 Å². The van der Waals surface area contributed by atoms with Crippen molar-refractivity contribution in [2.45, 2.75) is 32.3 Å². The number of fused-ring (bicyclic) bond motifs is 1. The molecule has 0 bridgehead atoms. The molecule has 20 heavy (non-hydrogen) atoms. The number of rotatable bonds is 5. The molecule has 0 aliphatic heterocycles. The molecule has 0 saturated carbocycles. The summed E-state index contributed by atoms with van der Waals surface area (Å²) in [7, 11) is 0. The van der Waals surface area contributed by atoms with Crippen molar-refractivity contribution in [3.8, 4) is 0 Å². The van der Waals surface area contributed by atoms with Gasteiger partial charge in [-0.3, -0.25) is 4.40 Å². The number of thiazole rings is 1. The molecular formula is C16H18N2OS. The number of aromatic nitrogens is 2. The summed E-state index contributed by atoms with van der Waals surface area (Å²) >= 11 is 1.62. The summed E-state index contributed by atoms with van der Waals surface area (Å²) in [4.78, 5) is 5.50. The Hall–Kier alpha value is -1.65. The zero-order valence-corrected chi connectivity index (χ0v) is 12.3. The van der Waals surface area contributed by atoms with Gasteiger partial charge in [-0.25, -0.2) is 4.98 Å². The molecule has 1 atom stereocenters. The first-order valence-corrected chi connectivity index (χ1v) is 7.74. The first-order chi connectivity index (χ1) is 9.72. The lowest BCUT2D eigenvalue weighted by atomic mass is 10.0. The normalized spacial score (nSPS) is 12.9. The number of aliphatic hydroxyl groups is 1.